The number of anilines is 1. The number of alkyl halides is 1. The maximum atomic E-state index is 16.0. The lowest BCUT2D eigenvalue weighted by atomic mass is 9.68. The number of imidazole rings is 3. The molecule has 1 saturated carbocycles. The van der Waals surface area contributed by atoms with Gasteiger partial charge in [0.1, 0.15) is 35.5 Å². The van der Waals surface area contributed by atoms with E-state index < -0.39 is 69.2 Å². The van der Waals surface area contributed by atoms with Gasteiger partial charge in [0.05, 0.1) is 25.9 Å². The molecule has 3 fully saturated rings. The summed E-state index contributed by atoms with van der Waals surface area (Å²) in [5.74, 6) is -0.917. The maximum absolute atomic E-state index is 16.0. The second kappa shape index (κ2) is 10.9. The molecule has 5 N–H and O–H groups in total. The number of allylic oxidation sites excluding steroid dienone is 1. The van der Waals surface area contributed by atoms with E-state index in [0.29, 0.717) is 17.6 Å². The molecule has 23 heteroatoms. The quantitative estimate of drug-likeness (QED) is 0.190. The lowest BCUT2D eigenvalue weighted by molar-refractivity contribution is -0.0472. The fraction of sp³-hybridized carbons (Fsp3) is 0.417. The van der Waals surface area contributed by atoms with E-state index in [-0.39, 0.29) is 35.1 Å². The molecule has 2 bridgehead atoms. The molecule has 47 heavy (non-hydrogen) atoms. The molecular formula is C24H25FN10O9P2S. The Bertz CT molecular complexity index is 2220. The molecule has 0 aromatic carbocycles. The summed E-state index contributed by atoms with van der Waals surface area (Å²) >= 11 is 5.31. The molecule has 5 aromatic heterocycles. The second-order valence-corrected chi connectivity index (χ2v) is 15.4. The van der Waals surface area contributed by atoms with Crippen molar-refractivity contribution in [2.45, 2.75) is 37.1 Å². The Labute approximate surface area is 267 Å². The van der Waals surface area contributed by atoms with Crippen LogP contribution in [0, 0.1) is 11.8 Å². The number of hydrogen-bond donors (Lipinski definition) is 4. The summed E-state index contributed by atoms with van der Waals surface area (Å²) in [5, 5.41) is 0. The number of phosphoric acid groups is 1. The van der Waals surface area contributed by atoms with Crippen LogP contribution in [0.4, 0.5) is 10.2 Å². The van der Waals surface area contributed by atoms with Gasteiger partial charge in [-0.05, 0) is 24.1 Å². The SMILES string of the molecule is C=C1OP(=O)(O)OC[C@H]2O[C@@H](n3cnc4c(=O)n5ccnc5[nH]c43)[C@H](OP(O)(=S)OC[C@H]3C[C@@H](n4cnc5c(N)ncnc54)[C@H]13)[C@@H]2F. The molecule has 0 amide bonds. The number of nitrogens with one attached hydrogen (secondary N) is 1. The van der Waals surface area contributed by atoms with Crippen LogP contribution in [0.15, 0.2) is 48.5 Å². The van der Waals surface area contributed by atoms with E-state index >= 15 is 4.39 Å². The molecule has 8 rings (SSSR count). The molecule has 7 heterocycles. The van der Waals surface area contributed by atoms with Crippen LogP contribution < -0.4 is 11.3 Å². The van der Waals surface area contributed by atoms with Gasteiger partial charge in [0, 0.05) is 24.4 Å². The van der Waals surface area contributed by atoms with Crippen LogP contribution in [0.5, 0.6) is 0 Å². The van der Waals surface area contributed by atoms with E-state index in [2.05, 4.69) is 36.5 Å². The normalized spacial score (nSPS) is 35.0. The summed E-state index contributed by atoms with van der Waals surface area (Å²) in [6, 6.07) is -0.432. The van der Waals surface area contributed by atoms with Gasteiger partial charge in [0.25, 0.3) is 5.56 Å². The topological polar surface area (TPSA) is 241 Å². The van der Waals surface area contributed by atoms with Crippen molar-refractivity contribution in [2.75, 3.05) is 18.9 Å². The number of hydrogen-bond acceptors (Lipinski definition) is 14. The molecule has 9 atom stereocenters. The van der Waals surface area contributed by atoms with Crippen molar-refractivity contribution >= 4 is 60.3 Å². The third-order valence-electron chi connectivity index (χ3n) is 8.55. The molecular weight excluding hydrogens is 685 g/mol. The van der Waals surface area contributed by atoms with E-state index in [1.807, 2.05) is 0 Å². The molecule has 2 unspecified atom stereocenters. The first-order valence-corrected chi connectivity index (χ1v) is 18.2. The number of nitrogen functional groups attached to an aromatic ring is 1. The number of aromatic nitrogens is 9. The summed E-state index contributed by atoms with van der Waals surface area (Å²) in [6.07, 6.45) is 0.648. The van der Waals surface area contributed by atoms with Crippen molar-refractivity contribution in [1.29, 1.82) is 0 Å². The molecule has 5 aromatic rings. The van der Waals surface area contributed by atoms with Gasteiger partial charge in [-0.3, -0.25) is 23.3 Å². The van der Waals surface area contributed by atoms with E-state index in [1.54, 1.807) is 4.57 Å². The van der Waals surface area contributed by atoms with E-state index in [1.165, 1.54) is 40.3 Å². The number of nitrogens with zero attached hydrogens (tertiary/aromatic N) is 8. The molecule has 3 aliphatic rings. The summed E-state index contributed by atoms with van der Waals surface area (Å²) in [6.45, 7) is -1.28. The molecule has 248 valence electrons. The van der Waals surface area contributed by atoms with Gasteiger partial charge in [0.2, 0.25) is 5.78 Å². The fourth-order valence-corrected chi connectivity index (χ4v) is 8.58. The van der Waals surface area contributed by atoms with Crippen molar-refractivity contribution in [1.82, 2.24) is 43.4 Å². The van der Waals surface area contributed by atoms with Crippen molar-refractivity contribution in [3.05, 3.63) is 54.1 Å². The Morgan fingerprint density at radius 3 is 2.72 bits per heavy atom. The highest BCUT2D eigenvalue weighted by atomic mass is 32.5. The van der Waals surface area contributed by atoms with Crippen molar-refractivity contribution in [3.8, 4) is 0 Å². The van der Waals surface area contributed by atoms with Gasteiger partial charge in [-0.25, -0.2) is 38.3 Å². The minimum absolute atomic E-state index is 0.0179. The average Bonchev–Trinajstić information content (AvgIpc) is 3.78. The van der Waals surface area contributed by atoms with Crippen molar-refractivity contribution < 1.29 is 41.6 Å². The number of rotatable bonds is 2. The largest absolute Gasteiger partial charge is 0.527 e. The van der Waals surface area contributed by atoms with Gasteiger partial charge in [-0.2, -0.15) is 0 Å². The van der Waals surface area contributed by atoms with Crippen LogP contribution in [0.1, 0.15) is 18.7 Å². The van der Waals surface area contributed by atoms with Crippen LogP contribution in [-0.4, -0.2) is 84.8 Å². The minimum Gasteiger partial charge on any atom is -0.409 e. The standard InChI is InChI=1S/C24H25FN10O9P2S/c1-10-14-11(4-12(14)34-8-30-16-19(26)28-7-29-20(16)34)5-41-46(39,47)44-18-15(25)13(6-40-45(37,38)43-10)42-23(18)35-9-31-17-21(35)32-24-27-2-3-33(24)22(17)36/h2-3,7-9,11-15,18,23H,1,4-6H2,(H,27,32)(H,37,38)(H,39,47)(H2,26,28,29)/t11-,12-,13-,14-,15-,18-,23-,46?/m1/s1. The smallest absolute Gasteiger partial charge is 0.409 e. The van der Waals surface area contributed by atoms with Gasteiger partial charge in [0.15, 0.2) is 29.4 Å². The molecule has 0 radical (unpaired) electrons. The number of H-pyrrole nitrogens is 1. The van der Waals surface area contributed by atoms with Gasteiger partial charge >= 0.3 is 14.5 Å². The second-order valence-electron chi connectivity index (χ2n) is 11.2. The first kappa shape index (κ1) is 30.7. The molecule has 2 aliphatic heterocycles. The Morgan fingerprint density at radius 2 is 1.89 bits per heavy atom. The highest BCUT2D eigenvalue weighted by molar-refractivity contribution is 8.07. The lowest BCUT2D eigenvalue weighted by Crippen LogP contribution is -2.42. The van der Waals surface area contributed by atoms with Gasteiger partial charge in [-0.1, -0.05) is 6.58 Å². The molecule has 0 spiro atoms. The van der Waals surface area contributed by atoms with Gasteiger partial charge in [-0.15, -0.1) is 0 Å². The Kier molecular flexibility index (Phi) is 7.14. The summed E-state index contributed by atoms with van der Waals surface area (Å²) in [5.41, 5.74) is 6.32. The number of nitrogens with two attached hydrogens (primary N) is 1. The number of aromatic amines is 1. The van der Waals surface area contributed by atoms with E-state index in [4.69, 9.17) is 40.4 Å². The fourth-order valence-electron chi connectivity index (χ4n) is 6.33. The highest BCUT2D eigenvalue weighted by Crippen LogP contribution is 2.58. The van der Waals surface area contributed by atoms with Crippen molar-refractivity contribution in [2.24, 2.45) is 11.8 Å². The highest BCUT2D eigenvalue weighted by Gasteiger charge is 2.52. The van der Waals surface area contributed by atoms with Crippen LogP contribution in [0.25, 0.3) is 28.1 Å². The Hall–Kier alpha value is -3.65. The maximum Gasteiger partial charge on any atom is 0.527 e. The van der Waals surface area contributed by atoms with Crippen LogP contribution in [-0.2, 0) is 39.2 Å². The van der Waals surface area contributed by atoms with Gasteiger partial charge < -0.3 is 34.0 Å². The van der Waals surface area contributed by atoms with E-state index in [0.717, 1.165) is 0 Å². The first-order valence-electron chi connectivity index (χ1n) is 14.1. The van der Waals surface area contributed by atoms with E-state index in [9.17, 15) is 19.1 Å². The third-order valence-corrected chi connectivity index (χ3v) is 11.0. The monoisotopic (exact) mass is 710 g/mol. The van der Waals surface area contributed by atoms with Crippen LogP contribution in [0.2, 0.25) is 0 Å². The zero-order chi connectivity index (χ0) is 32.8. The first-order chi connectivity index (χ1) is 22.4. The molecule has 1 aliphatic carbocycles. The minimum atomic E-state index is -4.88. The van der Waals surface area contributed by atoms with Crippen molar-refractivity contribution in [3.63, 3.8) is 0 Å². The number of ether oxygens (including phenoxy) is 1. The molecule has 19 nitrogen and oxygen atoms in total. The summed E-state index contributed by atoms with van der Waals surface area (Å²) < 4.78 is 61.2. The van der Waals surface area contributed by atoms with Crippen LogP contribution >= 0.6 is 14.5 Å². The third kappa shape index (κ3) is 5.09. The lowest BCUT2D eigenvalue weighted by Gasteiger charge is -2.45. The zero-order valence-corrected chi connectivity index (χ0v) is 26.4. The zero-order valence-electron chi connectivity index (χ0n) is 23.8. The predicted molar refractivity (Wildman–Crippen MR) is 162 cm³/mol. The van der Waals surface area contributed by atoms with Crippen LogP contribution in [0.3, 0.4) is 0 Å². The average molecular weight is 711 g/mol. The molecule has 2 saturated heterocycles. The summed E-state index contributed by atoms with van der Waals surface area (Å²) in [7, 11) is -4.88. The Balaban J connectivity index is 1.12. The Morgan fingerprint density at radius 1 is 1.11 bits per heavy atom. The predicted octanol–water partition coefficient (Wildman–Crippen LogP) is 1.49. The number of fused-ring (bicyclic) bond motifs is 6. The number of halogens is 1. The summed E-state index contributed by atoms with van der Waals surface area (Å²) in [4.78, 5) is 58.4. The number of phosphoric ester groups is 1.